The van der Waals surface area contributed by atoms with Crippen molar-refractivity contribution >= 4 is 17.7 Å². The Hall–Kier alpha value is -0.760. The zero-order valence-electron chi connectivity index (χ0n) is 7.73. The van der Waals surface area contributed by atoms with E-state index in [0.717, 1.165) is 12.8 Å². The van der Waals surface area contributed by atoms with Gasteiger partial charge in [0.1, 0.15) is 0 Å². The predicted octanol–water partition coefficient (Wildman–Crippen LogP) is 2.71. The number of hydrogen-bond acceptors (Lipinski definition) is 1. The van der Waals surface area contributed by atoms with E-state index in [0.29, 0.717) is 0 Å². The predicted molar refractivity (Wildman–Crippen MR) is 57.9 cm³/mol. The van der Waals surface area contributed by atoms with E-state index >= 15 is 0 Å². The molecule has 1 rings (SSSR count). The molecule has 0 saturated carbocycles. The van der Waals surface area contributed by atoms with Crippen LogP contribution in [0.25, 0.3) is 0 Å². The lowest BCUT2D eigenvalue weighted by Crippen LogP contribution is -2.10. The molecule has 0 aliphatic heterocycles. The first kappa shape index (κ1) is 10.3. The van der Waals surface area contributed by atoms with Crippen molar-refractivity contribution in [2.75, 3.05) is 0 Å². The summed E-state index contributed by atoms with van der Waals surface area (Å²) in [6, 6.07) is 10.0. The number of thiol groups is 1. The van der Waals surface area contributed by atoms with Gasteiger partial charge in [-0.25, -0.2) is 0 Å². The molecule has 0 unspecified atom stereocenters. The molecule has 0 amide bonds. The number of rotatable bonds is 4. The van der Waals surface area contributed by atoms with E-state index in [1.54, 1.807) is 0 Å². The van der Waals surface area contributed by atoms with Gasteiger partial charge in [0.15, 0.2) is 5.12 Å². The lowest BCUT2D eigenvalue weighted by Gasteiger charge is -2.09. The molecule has 0 spiro atoms. The Morgan fingerprint density at radius 1 is 1.38 bits per heavy atom. The Labute approximate surface area is 84.6 Å². The summed E-state index contributed by atoms with van der Waals surface area (Å²) in [6.45, 7) is 2.02. The SMILES string of the molecule is CC[C@@H](Cc1ccccc1)C(=O)S. The Kier molecular flexibility index (Phi) is 4.03. The van der Waals surface area contributed by atoms with Crippen LogP contribution in [0.2, 0.25) is 0 Å². The fourth-order valence-electron chi connectivity index (χ4n) is 1.30. The van der Waals surface area contributed by atoms with Crippen molar-refractivity contribution in [3.8, 4) is 0 Å². The fourth-order valence-corrected chi connectivity index (χ4v) is 1.58. The Morgan fingerprint density at radius 3 is 2.46 bits per heavy atom. The maximum atomic E-state index is 11.0. The second-order valence-electron chi connectivity index (χ2n) is 3.13. The van der Waals surface area contributed by atoms with Crippen LogP contribution in [0.5, 0.6) is 0 Å². The minimum absolute atomic E-state index is 0.00801. The Balaban J connectivity index is 2.62. The standard InChI is InChI=1S/C11H14OS/c1-2-10(11(12)13)8-9-6-4-3-5-7-9/h3-7,10H,2,8H2,1H3,(H,12,13)/t10-/m0/s1. The van der Waals surface area contributed by atoms with Gasteiger partial charge in [0, 0.05) is 5.92 Å². The van der Waals surface area contributed by atoms with Gasteiger partial charge in [-0.2, -0.15) is 0 Å². The lowest BCUT2D eigenvalue weighted by molar-refractivity contribution is -0.114. The van der Waals surface area contributed by atoms with Gasteiger partial charge < -0.3 is 0 Å². The summed E-state index contributed by atoms with van der Waals surface area (Å²) in [5.41, 5.74) is 1.21. The van der Waals surface area contributed by atoms with Gasteiger partial charge in [-0.1, -0.05) is 37.3 Å². The van der Waals surface area contributed by atoms with Crippen molar-refractivity contribution in [3.63, 3.8) is 0 Å². The van der Waals surface area contributed by atoms with Crippen LogP contribution < -0.4 is 0 Å². The van der Waals surface area contributed by atoms with Crippen molar-refractivity contribution in [1.29, 1.82) is 0 Å². The number of hydrogen-bond donors (Lipinski definition) is 1. The summed E-state index contributed by atoms with van der Waals surface area (Å²) in [6.07, 6.45) is 1.66. The molecule has 0 aliphatic carbocycles. The van der Waals surface area contributed by atoms with Crippen molar-refractivity contribution in [3.05, 3.63) is 35.9 Å². The number of benzene rings is 1. The first-order valence-electron chi connectivity index (χ1n) is 4.50. The molecule has 1 aromatic rings. The van der Waals surface area contributed by atoms with Gasteiger partial charge in [0.25, 0.3) is 0 Å². The third-order valence-electron chi connectivity index (χ3n) is 2.17. The lowest BCUT2D eigenvalue weighted by atomic mass is 9.98. The maximum absolute atomic E-state index is 11.0. The Morgan fingerprint density at radius 2 is 2.00 bits per heavy atom. The maximum Gasteiger partial charge on any atom is 0.189 e. The minimum atomic E-state index is -0.00801. The van der Waals surface area contributed by atoms with Gasteiger partial charge in [0.2, 0.25) is 0 Å². The molecule has 0 aliphatic rings. The highest BCUT2D eigenvalue weighted by molar-refractivity contribution is 7.96. The molecule has 2 heteroatoms. The molecule has 0 N–H and O–H groups in total. The first-order chi connectivity index (χ1) is 6.24. The Bertz CT molecular complexity index is 269. The topological polar surface area (TPSA) is 17.1 Å². The molecule has 0 bridgehead atoms. The van der Waals surface area contributed by atoms with E-state index in [-0.39, 0.29) is 11.0 Å². The van der Waals surface area contributed by atoms with Crippen LogP contribution in [-0.4, -0.2) is 5.12 Å². The quantitative estimate of drug-likeness (QED) is 0.729. The zero-order chi connectivity index (χ0) is 9.68. The molecule has 0 aromatic heterocycles. The number of carbonyl (C=O) groups excluding carboxylic acids is 1. The van der Waals surface area contributed by atoms with E-state index in [2.05, 4.69) is 12.6 Å². The largest absolute Gasteiger partial charge is 0.287 e. The fraction of sp³-hybridized carbons (Fsp3) is 0.364. The average molecular weight is 194 g/mol. The van der Waals surface area contributed by atoms with Crippen LogP contribution in [0.15, 0.2) is 30.3 Å². The van der Waals surface area contributed by atoms with Gasteiger partial charge in [-0.05, 0) is 18.4 Å². The molecule has 1 nitrogen and oxygen atoms in total. The summed E-state index contributed by atoms with van der Waals surface area (Å²) in [5, 5.41) is -0.00801. The van der Waals surface area contributed by atoms with Crippen LogP contribution in [0.4, 0.5) is 0 Å². The smallest absolute Gasteiger partial charge is 0.189 e. The van der Waals surface area contributed by atoms with Crippen molar-refractivity contribution in [1.82, 2.24) is 0 Å². The highest BCUT2D eigenvalue weighted by Crippen LogP contribution is 2.14. The zero-order valence-corrected chi connectivity index (χ0v) is 8.63. The third-order valence-corrected chi connectivity index (χ3v) is 2.53. The molecule has 70 valence electrons. The van der Waals surface area contributed by atoms with Crippen LogP contribution in [0.3, 0.4) is 0 Å². The van der Waals surface area contributed by atoms with Gasteiger partial charge in [-0.15, -0.1) is 12.6 Å². The highest BCUT2D eigenvalue weighted by Gasteiger charge is 2.12. The van der Waals surface area contributed by atoms with E-state index in [1.165, 1.54) is 5.56 Å². The monoisotopic (exact) mass is 194 g/mol. The van der Waals surface area contributed by atoms with E-state index in [4.69, 9.17) is 0 Å². The first-order valence-corrected chi connectivity index (χ1v) is 4.95. The molecule has 0 saturated heterocycles. The summed E-state index contributed by atoms with van der Waals surface area (Å²) in [4.78, 5) is 11.0. The van der Waals surface area contributed by atoms with Gasteiger partial charge >= 0.3 is 0 Å². The summed E-state index contributed by atoms with van der Waals surface area (Å²) < 4.78 is 0. The van der Waals surface area contributed by atoms with Crippen LogP contribution in [0.1, 0.15) is 18.9 Å². The average Bonchev–Trinajstić information content (AvgIpc) is 2.15. The van der Waals surface area contributed by atoms with Crippen molar-refractivity contribution < 1.29 is 4.79 Å². The van der Waals surface area contributed by atoms with Crippen molar-refractivity contribution in [2.24, 2.45) is 5.92 Å². The molecular formula is C11H14OS. The van der Waals surface area contributed by atoms with E-state index in [1.807, 2.05) is 37.3 Å². The van der Waals surface area contributed by atoms with Crippen molar-refractivity contribution in [2.45, 2.75) is 19.8 Å². The highest BCUT2D eigenvalue weighted by atomic mass is 32.1. The molecule has 0 radical (unpaired) electrons. The summed E-state index contributed by atoms with van der Waals surface area (Å²) >= 11 is 3.86. The number of carbonyl (C=O) groups is 1. The summed E-state index contributed by atoms with van der Waals surface area (Å²) in [5.74, 6) is 0.0609. The van der Waals surface area contributed by atoms with Gasteiger partial charge in [-0.3, -0.25) is 4.79 Å². The van der Waals surface area contributed by atoms with Crippen LogP contribution >= 0.6 is 12.6 Å². The summed E-state index contributed by atoms with van der Waals surface area (Å²) in [7, 11) is 0. The van der Waals surface area contributed by atoms with Crippen LogP contribution in [-0.2, 0) is 11.2 Å². The minimum Gasteiger partial charge on any atom is -0.287 e. The third kappa shape index (κ3) is 3.23. The molecule has 1 aromatic carbocycles. The van der Waals surface area contributed by atoms with E-state index in [9.17, 15) is 4.79 Å². The molecule has 13 heavy (non-hydrogen) atoms. The molecular weight excluding hydrogens is 180 g/mol. The normalized spacial score (nSPS) is 12.5. The van der Waals surface area contributed by atoms with E-state index < -0.39 is 0 Å². The van der Waals surface area contributed by atoms with Crippen LogP contribution in [0, 0.1) is 5.92 Å². The molecule has 0 heterocycles. The second-order valence-corrected chi connectivity index (χ2v) is 3.57. The molecule has 0 fully saturated rings. The molecule has 1 atom stereocenters. The second kappa shape index (κ2) is 5.07. The van der Waals surface area contributed by atoms with Gasteiger partial charge in [0.05, 0.1) is 0 Å².